The predicted molar refractivity (Wildman–Crippen MR) is 111 cm³/mol. The first-order chi connectivity index (χ1) is 13.3. The molecule has 1 fully saturated rings. The molecule has 0 amide bonds. The van der Waals surface area contributed by atoms with Crippen molar-refractivity contribution in [3.05, 3.63) is 53.9 Å². The maximum Gasteiger partial charge on any atom is 0.191 e. The summed E-state index contributed by atoms with van der Waals surface area (Å²) in [5.41, 5.74) is 2.53. The molecule has 0 spiro atoms. The van der Waals surface area contributed by atoms with Gasteiger partial charge in [0.2, 0.25) is 0 Å². The molecule has 0 aliphatic heterocycles. The minimum atomic E-state index is 0.746. The second kappa shape index (κ2) is 10.1. The van der Waals surface area contributed by atoms with Crippen LogP contribution in [0, 0.1) is 0 Å². The first kappa shape index (κ1) is 19.4. The highest BCUT2D eigenvalue weighted by Crippen LogP contribution is 2.21. The lowest BCUT2D eigenvalue weighted by Gasteiger charge is -2.24. The third-order valence-corrected chi connectivity index (χ3v) is 5.38. The molecule has 6 heteroatoms. The van der Waals surface area contributed by atoms with Crippen molar-refractivity contribution in [1.82, 2.24) is 25.3 Å². The number of nitrogens with one attached hydrogen (secondary N) is 2. The van der Waals surface area contributed by atoms with Crippen LogP contribution < -0.4 is 10.6 Å². The van der Waals surface area contributed by atoms with E-state index in [2.05, 4.69) is 56.9 Å². The Morgan fingerprint density at radius 2 is 1.96 bits per heavy atom. The Balaban J connectivity index is 1.46. The van der Waals surface area contributed by atoms with E-state index < -0.39 is 0 Å². The molecule has 27 heavy (non-hydrogen) atoms. The van der Waals surface area contributed by atoms with Gasteiger partial charge in [-0.15, -0.1) is 0 Å². The fourth-order valence-electron chi connectivity index (χ4n) is 3.73. The van der Waals surface area contributed by atoms with Crippen LogP contribution in [-0.4, -0.2) is 53.9 Å². The van der Waals surface area contributed by atoms with Crippen LogP contribution in [0.15, 0.2) is 47.7 Å². The van der Waals surface area contributed by atoms with Gasteiger partial charge in [0.25, 0.3) is 0 Å². The first-order valence-electron chi connectivity index (χ1n) is 9.95. The van der Waals surface area contributed by atoms with Crippen LogP contribution in [-0.2, 0) is 13.1 Å². The standard InChI is InChI=1S/C21H32N6/c1-22-21(23-13-15-26(2)20-10-5-6-11-20)24-16-18-8-3-4-9-19(18)17-27-14-7-12-25-27/h3-4,7-9,12,14,20H,5-6,10-11,13,15-17H2,1-2H3,(H2,22,23,24). The van der Waals surface area contributed by atoms with E-state index in [1.165, 1.54) is 36.8 Å². The van der Waals surface area contributed by atoms with Gasteiger partial charge in [0.05, 0.1) is 6.54 Å². The van der Waals surface area contributed by atoms with E-state index in [9.17, 15) is 0 Å². The van der Waals surface area contributed by atoms with Crippen LogP contribution in [0.1, 0.15) is 36.8 Å². The van der Waals surface area contributed by atoms with Gasteiger partial charge in [-0.3, -0.25) is 9.67 Å². The highest BCUT2D eigenvalue weighted by Gasteiger charge is 2.18. The average Bonchev–Trinajstić information content (AvgIpc) is 3.39. The van der Waals surface area contributed by atoms with E-state index in [0.717, 1.165) is 38.2 Å². The molecule has 3 rings (SSSR count). The lowest BCUT2D eigenvalue weighted by Crippen LogP contribution is -2.42. The lowest BCUT2D eigenvalue weighted by atomic mass is 10.1. The van der Waals surface area contributed by atoms with E-state index >= 15 is 0 Å². The van der Waals surface area contributed by atoms with Crippen molar-refractivity contribution < 1.29 is 0 Å². The van der Waals surface area contributed by atoms with Crippen LogP contribution in [0.3, 0.4) is 0 Å². The maximum absolute atomic E-state index is 4.36. The molecule has 0 unspecified atom stereocenters. The lowest BCUT2D eigenvalue weighted by molar-refractivity contribution is 0.249. The molecular weight excluding hydrogens is 336 g/mol. The summed E-state index contributed by atoms with van der Waals surface area (Å²) in [6.45, 7) is 3.47. The van der Waals surface area contributed by atoms with Crippen molar-refractivity contribution in [3.63, 3.8) is 0 Å². The van der Waals surface area contributed by atoms with Crippen LogP contribution in [0.4, 0.5) is 0 Å². The Morgan fingerprint density at radius 1 is 1.19 bits per heavy atom. The first-order valence-corrected chi connectivity index (χ1v) is 9.95. The third kappa shape index (κ3) is 5.82. The molecule has 6 nitrogen and oxygen atoms in total. The minimum absolute atomic E-state index is 0.746. The summed E-state index contributed by atoms with van der Waals surface area (Å²) in [6.07, 6.45) is 9.25. The second-order valence-corrected chi connectivity index (χ2v) is 7.24. The van der Waals surface area contributed by atoms with E-state index in [-0.39, 0.29) is 0 Å². The van der Waals surface area contributed by atoms with E-state index in [1.54, 1.807) is 0 Å². The average molecular weight is 369 g/mol. The Kier molecular flexibility index (Phi) is 7.27. The zero-order chi connectivity index (χ0) is 18.9. The highest BCUT2D eigenvalue weighted by molar-refractivity contribution is 5.79. The van der Waals surface area contributed by atoms with Gasteiger partial charge in [0.1, 0.15) is 0 Å². The Labute approximate surface area is 162 Å². The zero-order valence-electron chi connectivity index (χ0n) is 16.6. The van der Waals surface area contributed by atoms with E-state index in [0.29, 0.717) is 0 Å². The normalized spacial score (nSPS) is 15.4. The molecule has 1 aromatic carbocycles. The molecule has 2 aromatic rings. The molecule has 1 saturated carbocycles. The largest absolute Gasteiger partial charge is 0.355 e. The van der Waals surface area contributed by atoms with Crippen molar-refractivity contribution >= 4 is 5.96 Å². The summed E-state index contributed by atoms with van der Waals surface area (Å²) in [5.74, 6) is 0.851. The summed E-state index contributed by atoms with van der Waals surface area (Å²) < 4.78 is 1.95. The number of likely N-dealkylation sites (N-methyl/N-ethyl adjacent to an activating group) is 1. The maximum atomic E-state index is 4.36. The quantitative estimate of drug-likeness (QED) is 0.555. The molecule has 1 aromatic heterocycles. The summed E-state index contributed by atoms with van der Waals surface area (Å²) in [5, 5.41) is 11.2. The number of rotatable bonds is 8. The van der Waals surface area contributed by atoms with Crippen molar-refractivity contribution in [2.45, 2.75) is 44.8 Å². The number of hydrogen-bond acceptors (Lipinski definition) is 3. The van der Waals surface area contributed by atoms with Crippen LogP contribution >= 0.6 is 0 Å². The van der Waals surface area contributed by atoms with Crippen molar-refractivity contribution in [1.29, 1.82) is 0 Å². The molecule has 1 heterocycles. The number of hydrogen-bond donors (Lipinski definition) is 2. The summed E-state index contributed by atoms with van der Waals surface area (Å²) in [4.78, 5) is 6.84. The Bertz CT molecular complexity index is 703. The van der Waals surface area contributed by atoms with Crippen LogP contribution in [0.5, 0.6) is 0 Å². The molecule has 0 radical (unpaired) electrons. The predicted octanol–water partition coefficient (Wildman–Crippen LogP) is 2.47. The number of guanidine groups is 1. The molecule has 1 aliphatic carbocycles. The zero-order valence-corrected chi connectivity index (χ0v) is 16.6. The van der Waals surface area contributed by atoms with Crippen LogP contribution in [0.2, 0.25) is 0 Å². The summed E-state index contributed by atoms with van der Waals surface area (Å²) in [6, 6.07) is 11.2. The molecule has 0 bridgehead atoms. The molecule has 2 N–H and O–H groups in total. The molecule has 0 atom stereocenters. The van der Waals surface area contributed by atoms with Gasteiger partial charge in [-0.1, -0.05) is 37.1 Å². The number of benzene rings is 1. The molecule has 1 aliphatic rings. The van der Waals surface area contributed by atoms with E-state index in [4.69, 9.17) is 0 Å². The van der Waals surface area contributed by atoms with Crippen molar-refractivity contribution in [3.8, 4) is 0 Å². The Morgan fingerprint density at radius 3 is 2.67 bits per heavy atom. The number of nitrogens with zero attached hydrogens (tertiary/aromatic N) is 4. The smallest absolute Gasteiger partial charge is 0.191 e. The summed E-state index contributed by atoms with van der Waals surface area (Å²) >= 11 is 0. The van der Waals surface area contributed by atoms with Gasteiger partial charge in [-0.2, -0.15) is 5.10 Å². The number of aliphatic imine (C=N–C) groups is 1. The fraction of sp³-hybridized carbons (Fsp3) is 0.524. The molecular formula is C21H32N6. The summed E-state index contributed by atoms with van der Waals surface area (Å²) in [7, 11) is 4.06. The number of aromatic nitrogens is 2. The van der Waals surface area contributed by atoms with Crippen molar-refractivity contribution in [2.75, 3.05) is 27.2 Å². The fourth-order valence-corrected chi connectivity index (χ4v) is 3.73. The van der Waals surface area contributed by atoms with Gasteiger partial charge in [0.15, 0.2) is 5.96 Å². The van der Waals surface area contributed by atoms with Crippen LogP contribution in [0.25, 0.3) is 0 Å². The second-order valence-electron chi connectivity index (χ2n) is 7.24. The van der Waals surface area contributed by atoms with Gasteiger partial charge in [0, 0.05) is 45.1 Å². The monoisotopic (exact) mass is 368 g/mol. The molecule has 0 saturated heterocycles. The SMILES string of the molecule is CN=C(NCCN(C)C1CCCC1)NCc1ccccc1Cn1cccn1. The van der Waals surface area contributed by atoms with Gasteiger partial charge < -0.3 is 15.5 Å². The topological polar surface area (TPSA) is 57.5 Å². The van der Waals surface area contributed by atoms with E-state index in [1.807, 2.05) is 30.2 Å². The third-order valence-electron chi connectivity index (χ3n) is 5.38. The Hall–Kier alpha value is -2.34. The highest BCUT2D eigenvalue weighted by atomic mass is 15.3. The minimum Gasteiger partial charge on any atom is -0.355 e. The van der Waals surface area contributed by atoms with Crippen molar-refractivity contribution in [2.24, 2.45) is 4.99 Å². The molecule has 146 valence electrons. The van der Waals surface area contributed by atoms with Gasteiger partial charge in [-0.25, -0.2) is 0 Å². The van der Waals surface area contributed by atoms with Gasteiger partial charge >= 0.3 is 0 Å². The van der Waals surface area contributed by atoms with Gasteiger partial charge in [-0.05, 0) is 37.1 Å².